The van der Waals surface area contributed by atoms with Crippen LogP contribution in [-0.2, 0) is 19.9 Å². The van der Waals surface area contributed by atoms with E-state index in [9.17, 15) is 43.6 Å². The van der Waals surface area contributed by atoms with Gasteiger partial charge in [-0.25, -0.2) is 34.7 Å². The van der Waals surface area contributed by atoms with Gasteiger partial charge in [0.15, 0.2) is 0 Å². The Labute approximate surface area is 427 Å². The molecule has 2 atom stereocenters. The molecule has 8 rings (SSSR count). The minimum atomic E-state index is -6.11. The highest BCUT2D eigenvalue weighted by Crippen LogP contribution is 2.68. The Morgan fingerprint density at radius 2 is 1.49 bits per heavy atom. The Morgan fingerprint density at radius 3 is 2.10 bits per heavy atom. The van der Waals surface area contributed by atoms with Crippen molar-refractivity contribution >= 4 is 66.1 Å². The molecule has 0 radical (unpaired) electrons. The molecule has 0 aromatic heterocycles. The molecule has 1 saturated carbocycles. The highest BCUT2D eigenvalue weighted by atomic mass is 35.5. The maximum atomic E-state index is 15.1. The van der Waals surface area contributed by atoms with Crippen molar-refractivity contribution in [2.45, 2.75) is 90.6 Å². The summed E-state index contributed by atoms with van der Waals surface area (Å²) in [7, 11) is -11.0. The number of nitrogens with one attached hydrogen (secondary N) is 2. The molecule has 390 valence electrons. The topological polar surface area (TPSA) is 122 Å². The van der Waals surface area contributed by atoms with Crippen molar-refractivity contribution in [2.24, 2.45) is 5.41 Å². The lowest BCUT2D eigenvalue weighted by atomic mass is 9.78. The van der Waals surface area contributed by atoms with Crippen LogP contribution in [0.1, 0.15) is 68.8 Å². The fraction of sp³-hybridized carbons (Fsp3) is 0.471. The summed E-state index contributed by atoms with van der Waals surface area (Å²) < 4.78 is 143. The van der Waals surface area contributed by atoms with Crippen molar-refractivity contribution in [1.82, 2.24) is 19.4 Å². The molecular weight excluding hydrogens is 1020 g/mol. The number of alkyl halides is 5. The Kier molecular flexibility index (Phi) is 15.8. The standard InChI is InChI=1S/C51H59ClF6N6O5S3/c1-48(2,3)64-27-23-61(24-28-64)20-18-38(33-70-40-7-5-4-6-8-40)59-45-16-14-41(30-46(45)71(66,67)51(56,57)58)72(68,69)60-47(65)35-9-12-39(13-10-35)63-25-21-62(22-26-63)32-36-31-49(34-50(49,54)55)19-17-42(36)43-15-11-37(52)29-44(43)53/h4-16,29-30,38,59H,17-28,31-34H2,1-3H3,(H,60,65)/t38-,49?/m1/s1. The smallest absolute Gasteiger partial charge is 0.380 e. The van der Waals surface area contributed by atoms with E-state index in [1.807, 2.05) is 40.0 Å². The quantitative estimate of drug-likeness (QED) is 0.0824. The monoisotopic (exact) mass is 1080 g/mol. The molecule has 1 spiro atoms. The van der Waals surface area contributed by atoms with Gasteiger partial charge in [0.25, 0.3) is 31.7 Å². The van der Waals surface area contributed by atoms with E-state index in [1.165, 1.54) is 30.0 Å². The van der Waals surface area contributed by atoms with Gasteiger partial charge in [-0.3, -0.25) is 14.6 Å². The number of thioether (sulfide) groups is 1. The summed E-state index contributed by atoms with van der Waals surface area (Å²) in [6, 6.07) is 21.6. The van der Waals surface area contributed by atoms with Crippen LogP contribution >= 0.6 is 23.4 Å². The van der Waals surface area contributed by atoms with Crippen LogP contribution < -0.4 is 14.9 Å². The highest BCUT2D eigenvalue weighted by Gasteiger charge is 2.71. The summed E-state index contributed by atoms with van der Waals surface area (Å²) in [5.41, 5.74) is -4.78. The van der Waals surface area contributed by atoms with E-state index in [4.69, 9.17) is 11.6 Å². The van der Waals surface area contributed by atoms with Crippen LogP contribution in [0.3, 0.4) is 0 Å². The number of sulfonamides is 1. The molecule has 2 N–H and O–H groups in total. The normalized spacial score (nSPS) is 20.9. The molecule has 2 aliphatic heterocycles. The van der Waals surface area contributed by atoms with Gasteiger partial charge in [0.05, 0.1) is 10.6 Å². The summed E-state index contributed by atoms with van der Waals surface area (Å²) in [6.45, 7) is 12.8. The number of nitrogens with zero attached hydrogens (tertiary/aromatic N) is 4. The van der Waals surface area contributed by atoms with E-state index in [1.54, 1.807) is 24.3 Å². The number of carbonyl (C=O) groups excluding carboxylic acids is 1. The van der Waals surface area contributed by atoms with Crippen molar-refractivity contribution in [3.63, 3.8) is 0 Å². The SMILES string of the molecule is CC(C)(C)N1CCN(CC[C@H](CSc2ccccc2)Nc2ccc(S(=O)(=O)NC(=O)c3ccc(N4CCN(CC5=C(c6ccc(Cl)cc6F)CCC6(C5)CC6(F)F)CC4)cc3)cc2S(=O)(=O)C(F)(F)F)CC1. The number of piperazine rings is 2. The summed E-state index contributed by atoms with van der Waals surface area (Å²) in [4.78, 5) is 21.0. The zero-order valence-electron chi connectivity index (χ0n) is 40.3. The van der Waals surface area contributed by atoms with Crippen LogP contribution in [0.25, 0.3) is 5.57 Å². The first kappa shape index (κ1) is 54.0. The van der Waals surface area contributed by atoms with E-state index in [0.717, 1.165) is 54.4 Å². The third-order valence-electron chi connectivity index (χ3n) is 14.3. The lowest BCUT2D eigenvalue weighted by Crippen LogP contribution is -2.53. The van der Waals surface area contributed by atoms with Gasteiger partial charge in [0.1, 0.15) is 10.7 Å². The average molecular weight is 1080 g/mol. The minimum absolute atomic E-state index is 0.00170. The number of benzene rings is 4. The molecule has 2 saturated heterocycles. The van der Waals surface area contributed by atoms with Crippen LogP contribution in [0, 0.1) is 11.2 Å². The maximum absolute atomic E-state index is 15.1. The summed E-state index contributed by atoms with van der Waals surface area (Å²) in [5.74, 6) is -3.99. The number of halogens is 7. The Bertz CT molecular complexity index is 2870. The first-order valence-corrected chi connectivity index (χ1v) is 28.2. The number of hydrogen-bond donors (Lipinski definition) is 2. The summed E-state index contributed by atoms with van der Waals surface area (Å²) in [5, 5.41) is 3.26. The van der Waals surface area contributed by atoms with Gasteiger partial charge in [-0.1, -0.05) is 41.4 Å². The Morgan fingerprint density at radius 1 is 0.833 bits per heavy atom. The molecule has 1 amide bonds. The van der Waals surface area contributed by atoms with E-state index in [-0.39, 0.29) is 35.4 Å². The number of allylic oxidation sites excluding steroid dienone is 1. The molecule has 2 aliphatic carbocycles. The van der Waals surface area contributed by atoms with Crippen molar-refractivity contribution < 1.29 is 48.0 Å². The fourth-order valence-electron chi connectivity index (χ4n) is 9.94. The van der Waals surface area contributed by atoms with Crippen LogP contribution in [0.4, 0.5) is 37.7 Å². The predicted molar refractivity (Wildman–Crippen MR) is 271 cm³/mol. The number of rotatable bonds is 16. The first-order chi connectivity index (χ1) is 33.8. The van der Waals surface area contributed by atoms with Gasteiger partial charge in [-0.05, 0) is 119 Å². The molecular formula is C51H59ClF6N6O5S3. The average Bonchev–Trinajstić information content (AvgIpc) is 3.86. The molecule has 72 heavy (non-hydrogen) atoms. The largest absolute Gasteiger partial charge is 0.501 e. The zero-order chi connectivity index (χ0) is 51.9. The van der Waals surface area contributed by atoms with Gasteiger partial charge in [-0.2, -0.15) is 13.2 Å². The van der Waals surface area contributed by atoms with E-state index >= 15 is 4.39 Å². The number of sulfone groups is 1. The van der Waals surface area contributed by atoms with Gasteiger partial charge in [-0.15, -0.1) is 11.8 Å². The van der Waals surface area contributed by atoms with E-state index < -0.39 is 70.0 Å². The van der Waals surface area contributed by atoms with Crippen molar-refractivity contribution in [2.75, 3.05) is 81.4 Å². The molecule has 0 bridgehead atoms. The second-order valence-corrected chi connectivity index (χ2v) is 25.3. The number of amides is 1. The molecule has 1 unspecified atom stereocenters. The molecule has 2 heterocycles. The molecule has 4 aromatic carbocycles. The molecule has 4 aromatic rings. The maximum Gasteiger partial charge on any atom is 0.501 e. The molecule has 21 heteroatoms. The van der Waals surface area contributed by atoms with Crippen molar-refractivity contribution in [1.29, 1.82) is 0 Å². The third kappa shape index (κ3) is 12.3. The Balaban J connectivity index is 0.929. The molecule has 3 fully saturated rings. The second kappa shape index (κ2) is 21.1. The fourth-order valence-corrected chi connectivity index (χ4v) is 13.1. The summed E-state index contributed by atoms with van der Waals surface area (Å²) in [6.07, 6.45) is 1.05. The van der Waals surface area contributed by atoms with Gasteiger partial charge in [0, 0.05) is 121 Å². The number of anilines is 2. The van der Waals surface area contributed by atoms with Gasteiger partial charge >= 0.3 is 5.51 Å². The Hall–Kier alpha value is -4.31. The summed E-state index contributed by atoms with van der Waals surface area (Å²) >= 11 is 7.45. The zero-order valence-corrected chi connectivity index (χ0v) is 43.5. The van der Waals surface area contributed by atoms with E-state index in [0.29, 0.717) is 75.2 Å². The highest BCUT2D eigenvalue weighted by molar-refractivity contribution is 7.99. The lowest BCUT2D eigenvalue weighted by molar-refractivity contribution is -0.0436. The van der Waals surface area contributed by atoms with E-state index in [2.05, 4.69) is 40.8 Å². The van der Waals surface area contributed by atoms with Crippen molar-refractivity contribution in [3.8, 4) is 0 Å². The van der Waals surface area contributed by atoms with Crippen molar-refractivity contribution in [3.05, 3.63) is 119 Å². The van der Waals surface area contributed by atoms with Gasteiger partial charge in [0.2, 0.25) is 0 Å². The third-order valence-corrected chi connectivity index (χ3v) is 18.6. The number of carbonyl (C=O) groups is 1. The molecule has 11 nitrogen and oxygen atoms in total. The second-order valence-electron chi connectivity index (χ2n) is 20.1. The number of hydrogen-bond acceptors (Lipinski definition) is 11. The van der Waals surface area contributed by atoms with Gasteiger partial charge < -0.3 is 15.1 Å². The predicted octanol–water partition coefficient (Wildman–Crippen LogP) is 10.1. The lowest BCUT2D eigenvalue weighted by Gasteiger charge is -2.42. The van der Waals surface area contributed by atoms with Crippen LogP contribution in [0.2, 0.25) is 5.02 Å². The first-order valence-electron chi connectivity index (χ1n) is 23.9. The van der Waals surface area contributed by atoms with Crippen LogP contribution in [-0.4, -0.2) is 132 Å². The van der Waals surface area contributed by atoms with Crippen LogP contribution in [0.5, 0.6) is 0 Å². The minimum Gasteiger partial charge on any atom is -0.380 e. The molecule has 4 aliphatic rings. The van der Waals surface area contributed by atoms with Crippen LogP contribution in [0.15, 0.2) is 111 Å².